The number of likely N-dealkylation sites (N-methyl/N-ethyl adjacent to an activating group) is 1. The Morgan fingerprint density at radius 2 is 1.83 bits per heavy atom. The van der Waals surface area contributed by atoms with Gasteiger partial charge in [-0.3, -0.25) is 9.59 Å². The first-order valence-corrected chi connectivity index (χ1v) is 13.2. The number of carbonyl (C=O) groups excluding carboxylic acids is 2. The monoisotopic (exact) mass is 488 g/mol. The fraction of sp³-hybridized carbons (Fsp3) is 0.533. The summed E-state index contributed by atoms with van der Waals surface area (Å²) >= 11 is 0. The van der Waals surface area contributed by atoms with E-state index in [2.05, 4.69) is 38.3 Å². The summed E-state index contributed by atoms with van der Waals surface area (Å²) in [5.41, 5.74) is 1.92. The van der Waals surface area contributed by atoms with Crippen LogP contribution in [0, 0.1) is 22.7 Å². The number of ether oxygens (including phenoxy) is 1. The molecule has 3 N–H and O–H groups in total. The van der Waals surface area contributed by atoms with Gasteiger partial charge in [-0.2, -0.15) is 0 Å². The van der Waals surface area contributed by atoms with E-state index in [9.17, 15) is 14.7 Å². The second-order valence-electron chi connectivity index (χ2n) is 12.2. The molecule has 6 rings (SSSR count). The minimum absolute atomic E-state index is 0.0703. The number of rotatable bonds is 2. The van der Waals surface area contributed by atoms with Gasteiger partial charge in [-0.25, -0.2) is 0 Å². The number of ketones is 1. The van der Waals surface area contributed by atoms with Gasteiger partial charge in [-0.15, -0.1) is 0 Å². The number of phenols is 1. The number of hydrogen-bond donors (Lipinski definition) is 3. The normalized spacial score (nSPS) is 36.1. The van der Waals surface area contributed by atoms with Crippen LogP contribution in [-0.4, -0.2) is 35.5 Å². The molecule has 2 aromatic carbocycles. The molecule has 1 amide bonds. The summed E-state index contributed by atoms with van der Waals surface area (Å²) in [4.78, 5) is 26.6. The number of nitrogens with one attached hydrogen (secondary N) is 2. The molecule has 190 valence electrons. The largest absolute Gasteiger partial charge is 0.508 e. The zero-order valence-corrected chi connectivity index (χ0v) is 21.8. The third kappa shape index (κ3) is 2.82. The molecule has 0 bridgehead atoms. The van der Waals surface area contributed by atoms with Gasteiger partial charge in [0.25, 0.3) is 5.91 Å². The van der Waals surface area contributed by atoms with E-state index in [-0.39, 0.29) is 34.8 Å². The molecule has 0 aromatic heterocycles. The highest BCUT2D eigenvalue weighted by molar-refractivity contribution is 6.01. The number of para-hydroxylation sites is 1. The first-order chi connectivity index (χ1) is 17.0. The van der Waals surface area contributed by atoms with Crippen LogP contribution in [0.5, 0.6) is 11.5 Å². The summed E-state index contributed by atoms with van der Waals surface area (Å²) in [5, 5.41) is 17.0. The fourth-order valence-electron chi connectivity index (χ4n) is 8.12. The van der Waals surface area contributed by atoms with Crippen molar-refractivity contribution in [1.29, 1.82) is 0 Å². The SMILES string of the molecule is CN[C@@H]1C[C@@]23Oc4c(ccc5c4C(c4ccccc4O)NC5=O)C[C@]2(C)[C@@H](C)CC[C@H]3C(C)(C)C1=O. The average Bonchev–Trinajstić information content (AvgIpc) is 3.18. The molecule has 6 heteroatoms. The van der Waals surface area contributed by atoms with E-state index < -0.39 is 17.1 Å². The Bertz CT molecular complexity index is 1290. The van der Waals surface area contributed by atoms with Crippen molar-refractivity contribution in [1.82, 2.24) is 10.6 Å². The number of amides is 1. The Morgan fingerprint density at radius 1 is 1.08 bits per heavy atom. The molecule has 2 aliphatic heterocycles. The number of fused-ring (bicyclic) bond motifs is 3. The van der Waals surface area contributed by atoms with E-state index in [1.165, 1.54) is 0 Å². The zero-order chi connectivity index (χ0) is 25.6. The van der Waals surface area contributed by atoms with E-state index in [1.54, 1.807) is 12.1 Å². The second-order valence-corrected chi connectivity index (χ2v) is 12.2. The molecule has 6 atom stereocenters. The quantitative estimate of drug-likeness (QED) is 0.578. The highest BCUT2D eigenvalue weighted by Gasteiger charge is 2.69. The van der Waals surface area contributed by atoms with Gasteiger partial charge in [0.1, 0.15) is 17.1 Å². The van der Waals surface area contributed by atoms with Crippen LogP contribution < -0.4 is 15.4 Å². The highest BCUT2D eigenvalue weighted by atomic mass is 16.5. The molecular formula is C30H36N2O4. The molecule has 2 fully saturated rings. The van der Waals surface area contributed by atoms with Gasteiger partial charge in [0.15, 0.2) is 5.78 Å². The molecule has 1 spiro atoms. The molecule has 0 radical (unpaired) electrons. The van der Waals surface area contributed by atoms with Gasteiger partial charge in [-0.05, 0) is 49.9 Å². The Labute approximate surface area is 212 Å². The Hall–Kier alpha value is -2.86. The molecule has 2 saturated carbocycles. The smallest absolute Gasteiger partial charge is 0.252 e. The lowest BCUT2D eigenvalue weighted by molar-refractivity contribution is -0.212. The average molecular weight is 489 g/mol. The Kier molecular flexibility index (Phi) is 4.95. The Morgan fingerprint density at radius 3 is 2.56 bits per heavy atom. The maximum Gasteiger partial charge on any atom is 0.252 e. The van der Waals surface area contributed by atoms with Crippen LogP contribution in [0.25, 0.3) is 0 Å². The van der Waals surface area contributed by atoms with Crippen LogP contribution in [0.1, 0.15) is 80.0 Å². The lowest BCUT2D eigenvalue weighted by atomic mass is 9.43. The number of hydrogen-bond acceptors (Lipinski definition) is 5. The summed E-state index contributed by atoms with van der Waals surface area (Å²) in [7, 11) is 1.87. The lowest BCUT2D eigenvalue weighted by Crippen LogP contribution is -2.73. The van der Waals surface area contributed by atoms with Gasteiger partial charge in [0, 0.05) is 39.9 Å². The van der Waals surface area contributed by atoms with Gasteiger partial charge in [0.05, 0.1) is 12.1 Å². The minimum Gasteiger partial charge on any atom is -0.508 e. The topological polar surface area (TPSA) is 87.7 Å². The number of phenolic OH excluding ortho intramolecular Hbond substituents is 1. The van der Waals surface area contributed by atoms with Crippen molar-refractivity contribution in [3.05, 3.63) is 58.7 Å². The fourth-order valence-corrected chi connectivity index (χ4v) is 8.12. The van der Waals surface area contributed by atoms with Crippen LogP contribution in [0.4, 0.5) is 0 Å². The van der Waals surface area contributed by atoms with Crippen molar-refractivity contribution in [2.24, 2.45) is 22.7 Å². The zero-order valence-electron chi connectivity index (χ0n) is 21.8. The molecule has 1 unspecified atom stereocenters. The van der Waals surface area contributed by atoms with Crippen LogP contribution in [0.2, 0.25) is 0 Å². The van der Waals surface area contributed by atoms with Gasteiger partial charge in [0.2, 0.25) is 0 Å². The first kappa shape index (κ1) is 23.5. The number of benzene rings is 2. The van der Waals surface area contributed by atoms with Crippen molar-refractivity contribution in [3.8, 4) is 11.5 Å². The molecule has 2 heterocycles. The van der Waals surface area contributed by atoms with Crippen molar-refractivity contribution in [2.75, 3.05) is 7.05 Å². The highest BCUT2D eigenvalue weighted by Crippen LogP contribution is 2.66. The van der Waals surface area contributed by atoms with Crippen LogP contribution in [0.3, 0.4) is 0 Å². The second kappa shape index (κ2) is 7.58. The van der Waals surface area contributed by atoms with Crippen molar-refractivity contribution in [2.45, 2.75) is 71.1 Å². The molecule has 6 nitrogen and oxygen atoms in total. The number of carbonyl (C=O) groups is 2. The predicted molar refractivity (Wildman–Crippen MR) is 137 cm³/mol. The van der Waals surface area contributed by atoms with Crippen LogP contribution >= 0.6 is 0 Å². The van der Waals surface area contributed by atoms with Crippen molar-refractivity contribution < 1.29 is 19.4 Å². The summed E-state index contributed by atoms with van der Waals surface area (Å²) < 4.78 is 7.33. The summed E-state index contributed by atoms with van der Waals surface area (Å²) in [6.07, 6.45) is 3.45. The van der Waals surface area contributed by atoms with E-state index in [0.717, 1.165) is 36.1 Å². The molecule has 4 aliphatic rings. The van der Waals surface area contributed by atoms with Gasteiger partial charge < -0.3 is 20.5 Å². The molecule has 2 aromatic rings. The standard InChI is InChI=1S/C30H36N2O4/c1-16-10-13-22-28(2,3)26(34)20(31-5)15-30(22)29(16,4)14-17-11-12-19-23(25(17)36-30)24(32-27(19)35)18-8-6-7-9-21(18)33/h6-9,11-12,16,20,22,24,31,33H,10,13-15H2,1-5H3,(H,32,35)/t16-,20+,22-,24?,29+,30-/m0/s1. The summed E-state index contributed by atoms with van der Waals surface area (Å²) in [5.74, 6) is 1.50. The van der Waals surface area contributed by atoms with E-state index in [1.807, 2.05) is 31.3 Å². The maximum atomic E-state index is 13.5. The van der Waals surface area contributed by atoms with E-state index in [4.69, 9.17) is 4.74 Å². The third-order valence-corrected chi connectivity index (χ3v) is 10.4. The van der Waals surface area contributed by atoms with Crippen LogP contribution in [-0.2, 0) is 11.2 Å². The minimum atomic E-state index is -0.549. The van der Waals surface area contributed by atoms with Crippen LogP contribution in [0.15, 0.2) is 36.4 Å². The van der Waals surface area contributed by atoms with Crippen molar-refractivity contribution in [3.63, 3.8) is 0 Å². The maximum absolute atomic E-state index is 13.5. The number of Topliss-reactive ketones (excluding diaryl/α,β-unsaturated/α-hetero) is 1. The summed E-state index contributed by atoms with van der Waals surface area (Å²) in [6, 6.07) is 10.3. The first-order valence-electron chi connectivity index (χ1n) is 13.2. The van der Waals surface area contributed by atoms with E-state index >= 15 is 0 Å². The molecule has 36 heavy (non-hydrogen) atoms. The lowest BCUT2D eigenvalue weighted by Gasteiger charge is -2.66. The van der Waals surface area contributed by atoms with Gasteiger partial charge >= 0.3 is 0 Å². The number of aromatic hydroxyl groups is 1. The predicted octanol–water partition coefficient (Wildman–Crippen LogP) is 4.54. The molecule has 0 saturated heterocycles. The van der Waals surface area contributed by atoms with E-state index in [0.29, 0.717) is 23.5 Å². The molecular weight excluding hydrogens is 452 g/mol. The van der Waals surface area contributed by atoms with Crippen molar-refractivity contribution >= 4 is 11.7 Å². The summed E-state index contributed by atoms with van der Waals surface area (Å²) in [6.45, 7) is 8.85. The molecule has 2 aliphatic carbocycles. The third-order valence-electron chi connectivity index (χ3n) is 10.4. The van der Waals surface area contributed by atoms with Gasteiger partial charge in [-0.1, -0.05) is 52.0 Å². The Balaban J connectivity index is 1.58.